The maximum Gasteiger partial charge on any atom is 0.328 e. The molecule has 2 amide bonds. The van der Waals surface area contributed by atoms with Gasteiger partial charge in [0.25, 0.3) is 0 Å². The van der Waals surface area contributed by atoms with Gasteiger partial charge in [0.2, 0.25) is 0 Å². The van der Waals surface area contributed by atoms with Crippen LogP contribution in [0.4, 0.5) is 4.79 Å². The summed E-state index contributed by atoms with van der Waals surface area (Å²) in [5, 5.41) is 13.8. The Kier molecular flexibility index (Phi) is 6.96. The minimum absolute atomic E-state index is 0.436. The van der Waals surface area contributed by atoms with E-state index < -0.39 is 17.5 Å². The first-order valence-corrected chi connectivity index (χ1v) is 6.42. The predicted octanol–water partition coefficient (Wildman–Crippen LogP) is 1.29. The quantitative estimate of drug-likeness (QED) is 0.593. The average Bonchev–Trinajstić information content (AvgIpc) is 2.16. The number of amides is 2. The Labute approximate surface area is 100 Å². The van der Waals surface area contributed by atoms with E-state index >= 15 is 0 Å². The minimum atomic E-state index is -1.23. The summed E-state index contributed by atoms with van der Waals surface area (Å²) in [6.07, 6.45) is 0.888. The molecule has 0 saturated carbocycles. The van der Waals surface area contributed by atoms with Crippen LogP contribution >= 0.6 is 11.8 Å². The van der Waals surface area contributed by atoms with Crippen LogP contribution in [0.25, 0.3) is 0 Å². The number of carbonyl (C=O) groups excluding carboxylic acids is 1. The second kappa shape index (κ2) is 7.38. The molecule has 0 fully saturated rings. The van der Waals surface area contributed by atoms with Gasteiger partial charge in [-0.3, -0.25) is 0 Å². The predicted molar refractivity (Wildman–Crippen MR) is 65.9 cm³/mol. The van der Waals surface area contributed by atoms with Gasteiger partial charge in [0.15, 0.2) is 0 Å². The summed E-state index contributed by atoms with van der Waals surface area (Å²) in [5.41, 5.74) is -1.23. The van der Waals surface area contributed by atoms with Gasteiger partial charge in [-0.25, -0.2) is 9.59 Å². The number of hydrogen-bond acceptors (Lipinski definition) is 3. The number of urea groups is 1. The lowest BCUT2D eigenvalue weighted by molar-refractivity contribution is -0.142. The van der Waals surface area contributed by atoms with Crippen LogP contribution in [0.5, 0.6) is 0 Å². The summed E-state index contributed by atoms with van der Waals surface area (Å²) < 4.78 is 0. The largest absolute Gasteiger partial charge is 0.480 e. The number of carbonyl (C=O) groups is 2. The van der Waals surface area contributed by atoms with Crippen LogP contribution in [0, 0.1) is 0 Å². The molecular formula is C10H20N2O3S. The molecule has 0 rings (SSSR count). The van der Waals surface area contributed by atoms with Crippen LogP contribution in [-0.4, -0.2) is 40.7 Å². The minimum Gasteiger partial charge on any atom is -0.480 e. The number of carboxylic acid groups (broad SMARTS) is 1. The van der Waals surface area contributed by atoms with E-state index in [1.165, 1.54) is 13.8 Å². The number of hydrogen-bond donors (Lipinski definition) is 3. The summed E-state index contributed by atoms with van der Waals surface area (Å²) in [6, 6.07) is -0.436. The van der Waals surface area contributed by atoms with Crippen molar-refractivity contribution >= 4 is 23.8 Å². The van der Waals surface area contributed by atoms with Gasteiger partial charge < -0.3 is 15.7 Å². The highest BCUT2D eigenvalue weighted by Gasteiger charge is 2.28. The molecule has 0 saturated heterocycles. The first kappa shape index (κ1) is 15.1. The van der Waals surface area contributed by atoms with Crippen molar-refractivity contribution in [2.24, 2.45) is 0 Å². The number of rotatable bonds is 7. The SMILES string of the molecule is CCSCCCNC(=O)NC(C)(C)C(=O)O. The lowest BCUT2D eigenvalue weighted by atomic mass is 10.1. The van der Waals surface area contributed by atoms with E-state index in [0.29, 0.717) is 6.54 Å². The van der Waals surface area contributed by atoms with Gasteiger partial charge in [0.05, 0.1) is 0 Å². The summed E-state index contributed by atoms with van der Waals surface area (Å²) in [6.45, 7) is 5.54. The zero-order valence-electron chi connectivity index (χ0n) is 10.0. The maximum atomic E-state index is 11.3. The van der Waals surface area contributed by atoms with Crippen molar-refractivity contribution in [3.63, 3.8) is 0 Å². The second-order valence-corrected chi connectivity index (χ2v) is 5.26. The van der Waals surface area contributed by atoms with E-state index in [4.69, 9.17) is 5.11 Å². The zero-order chi connectivity index (χ0) is 12.6. The molecule has 0 aromatic rings. The first-order valence-electron chi connectivity index (χ1n) is 5.27. The molecule has 0 radical (unpaired) electrons. The highest BCUT2D eigenvalue weighted by atomic mass is 32.2. The number of carboxylic acids is 1. The Balaban J connectivity index is 3.71. The van der Waals surface area contributed by atoms with Crippen LogP contribution in [-0.2, 0) is 4.79 Å². The highest BCUT2D eigenvalue weighted by molar-refractivity contribution is 7.99. The molecule has 94 valence electrons. The van der Waals surface area contributed by atoms with E-state index in [2.05, 4.69) is 17.6 Å². The summed E-state index contributed by atoms with van der Waals surface area (Å²) >= 11 is 1.81. The van der Waals surface area contributed by atoms with Crippen molar-refractivity contribution in [2.45, 2.75) is 32.7 Å². The highest BCUT2D eigenvalue weighted by Crippen LogP contribution is 2.01. The van der Waals surface area contributed by atoms with Gasteiger partial charge in [0.1, 0.15) is 5.54 Å². The number of thioether (sulfide) groups is 1. The Morgan fingerprint density at radius 3 is 2.50 bits per heavy atom. The summed E-state index contributed by atoms with van der Waals surface area (Å²) in [4.78, 5) is 22.0. The third kappa shape index (κ3) is 6.55. The average molecular weight is 248 g/mol. The van der Waals surface area contributed by atoms with Crippen molar-refractivity contribution in [1.29, 1.82) is 0 Å². The van der Waals surface area contributed by atoms with Crippen LogP contribution in [0.2, 0.25) is 0 Å². The van der Waals surface area contributed by atoms with Gasteiger partial charge in [-0.15, -0.1) is 0 Å². The number of nitrogens with one attached hydrogen (secondary N) is 2. The Morgan fingerprint density at radius 2 is 2.00 bits per heavy atom. The van der Waals surface area contributed by atoms with Crippen molar-refractivity contribution in [2.75, 3.05) is 18.1 Å². The molecule has 0 atom stereocenters. The second-order valence-electron chi connectivity index (χ2n) is 3.86. The molecule has 0 aliphatic rings. The van der Waals surface area contributed by atoms with Crippen LogP contribution < -0.4 is 10.6 Å². The lowest BCUT2D eigenvalue weighted by Gasteiger charge is -2.21. The monoisotopic (exact) mass is 248 g/mol. The summed E-state index contributed by atoms with van der Waals surface area (Å²) in [7, 11) is 0. The lowest BCUT2D eigenvalue weighted by Crippen LogP contribution is -2.53. The molecule has 6 heteroatoms. The van der Waals surface area contributed by atoms with Gasteiger partial charge >= 0.3 is 12.0 Å². The Morgan fingerprint density at radius 1 is 1.38 bits per heavy atom. The van der Waals surface area contributed by atoms with Gasteiger partial charge in [-0.1, -0.05) is 6.92 Å². The van der Waals surface area contributed by atoms with Crippen LogP contribution in [0.15, 0.2) is 0 Å². The third-order valence-electron chi connectivity index (χ3n) is 1.92. The van der Waals surface area contributed by atoms with E-state index in [-0.39, 0.29) is 0 Å². The fourth-order valence-corrected chi connectivity index (χ4v) is 1.54. The van der Waals surface area contributed by atoms with E-state index in [0.717, 1.165) is 17.9 Å². The van der Waals surface area contributed by atoms with E-state index in [1.807, 2.05) is 11.8 Å². The molecule has 0 heterocycles. The van der Waals surface area contributed by atoms with Crippen molar-refractivity contribution < 1.29 is 14.7 Å². The topological polar surface area (TPSA) is 78.4 Å². The Hall–Kier alpha value is -0.910. The molecule has 0 aliphatic carbocycles. The molecular weight excluding hydrogens is 228 g/mol. The maximum absolute atomic E-state index is 11.3. The molecule has 0 aromatic heterocycles. The van der Waals surface area contributed by atoms with Crippen molar-refractivity contribution in [1.82, 2.24) is 10.6 Å². The normalized spacial score (nSPS) is 10.9. The summed E-state index contributed by atoms with van der Waals surface area (Å²) in [5.74, 6) is 1.02. The van der Waals surface area contributed by atoms with Gasteiger partial charge in [0, 0.05) is 6.54 Å². The smallest absolute Gasteiger partial charge is 0.328 e. The van der Waals surface area contributed by atoms with Crippen molar-refractivity contribution in [3.05, 3.63) is 0 Å². The first-order chi connectivity index (χ1) is 7.40. The van der Waals surface area contributed by atoms with Crippen molar-refractivity contribution in [3.8, 4) is 0 Å². The zero-order valence-corrected chi connectivity index (χ0v) is 10.8. The van der Waals surface area contributed by atoms with Gasteiger partial charge in [-0.2, -0.15) is 11.8 Å². The third-order valence-corrected chi connectivity index (χ3v) is 2.90. The molecule has 0 unspecified atom stereocenters. The van der Waals surface area contributed by atoms with E-state index in [1.54, 1.807) is 0 Å². The standard InChI is InChI=1S/C10H20N2O3S/c1-4-16-7-5-6-11-9(15)12-10(2,3)8(13)14/h4-7H2,1-3H3,(H,13,14)(H2,11,12,15). The molecule has 0 aromatic carbocycles. The van der Waals surface area contributed by atoms with Gasteiger partial charge in [-0.05, 0) is 31.8 Å². The van der Waals surface area contributed by atoms with E-state index in [9.17, 15) is 9.59 Å². The molecule has 0 bridgehead atoms. The fourth-order valence-electron chi connectivity index (χ4n) is 0.902. The fraction of sp³-hybridized carbons (Fsp3) is 0.800. The molecule has 3 N–H and O–H groups in total. The molecule has 5 nitrogen and oxygen atoms in total. The molecule has 0 aliphatic heterocycles. The molecule has 16 heavy (non-hydrogen) atoms. The molecule has 0 spiro atoms. The number of aliphatic carboxylic acids is 1. The van der Waals surface area contributed by atoms with Crippen LogP contribution in [0.1, 0.15) is 27.2 Å². The Bertz CT molecular complexity index is 244. The van der Waals surface area contributed by atoms with Crippen LogP contribution in [0.3, 0.4) is 0 Å².